The van der Waals surface area contributed by atoms with Crippen molar-refractivity contribution in [3.05, 3.63) is 29.8 Å². The van der Waals surface area contributed by atoms with Crippen LogP contribution in [0.2, 0.25) is 0 Å². The average molecular weight is 189 g/mol. The van der Waals surface area contributed by atoms with Gasteiger partial charge in [0, 0.05) is 11.8 Å². The standard InChI is InChI=1S/C12H15NO/c1-12(2,8-9-13)10-4-6-11(14-3)7-5-10/h4-7H,8H2,1-3H3. The molecule has 1 rings (SSSR count). The maximum absolute atomic E-state index is 8.69. The van der Waals surface area contributed by atoms with Crippen LogP contribution in [0.25, 0.3) is 0 Å². The Morgan fingerprint density at radius 2 is 1.86 bits per heavy atom. The van der Waals surface area contributed by atoms with E-state index in [4.69, 9.17) is 10.00 Å². The minimum absolute atomic E-state index is 0.0823. The highest BCUT2D eigenvalue weighted by Gasteiger charge is 2.19. The third-order valence-electron chi connectivity index (χ3n) is 2.39. The van der Waals surface area contributed by atoms with Crippen LogP contribution in [0.3, 0.4) is 0 Å². The first-order valence-corrected chi connectivity index (χ1v) is 4.61. The van der Waals surface area contributed by atoms with Crippen molar-refractivity contribution in [3.8, 4) is 11.8 Å². The lowest BCUT2D eigenvalue weighted by Gasteiger charge is -2.21. The van der Waals surface area contributed by atoms with Gasteiger partial charge in [-0.2, -0.15) is 5.26 Å². The third kappa shape index (κ3) is 2.26. The molecule has 0 aromatic heterocycles. The monoisotopic (exact) mass is 189 g/mol. The van der Waals surface area contributed by atoms with Crippen LogP contribution in [0.5, 0.6) is 5.75 Å². The first-order valence-electron chi connectivity index (χ1n) is 4.61. The van der Waals surface area contributed by atoms with Gasteiger partial charge in [0.25, 0.3) is 0 Å². The van der Waals surface area contributed by atoms with Gasteiger partial charge in [-0.1, -0.05) is 26.0 Å². The molecule has 2 nitrogen and oxygen atoms in total. The van der Waals surface area contributed by atoms with E-state index in [0.29, 0.717) is 6.42 Å². The van der Waals surface area contributed by atoms with Crippen molar-refractivity contribution in [2.75, 3.05) is 7.11 Å². The van der Waals surface area contributed by atoms with E-state index < -0.39 is 0 Å². The fourth-order valence-corrected chi connectivity index (χ4v) is 1.34. The van der Waals surface area contributed by atoms with Gasteiger partial charge in [-0.05, 0) is 17.7 Å². The van der Waals surface area contributed by atoms with E-state index in [1.165, 1.54) is 5.56 Å². The largest absolute Gasteiger partial charge is 0.497 e. The van der Waals surface area contributed by atoms with Crippen molar-refractivity contribution in [2.24, 2.45) is 0 Å². The molecule has 0 radical (unpaired) electrons. The summed E-state index contributed by atoms with van der Waals surface area (Å²) < 4.78 is 5.08. The lowest BCUT2D eigenvalue weighted by Crippen LogP contribution is -2.15. The van der Waals surface area contributed by atoms with Crippen LogP contribution in [0.15, 0.2) is 24.3 Å². The van der Waals surface area contributed by atoms with E-state index in [0.717, 1.165) is 5.75 Å². The molecule has 0 aliphatic heterocycles. The molecule has 0 bridgehead atoms. The number of methoxy groups -OCH3 is 1. The Balaban J connectivity index is 2.92. The van der Waals surface area contributed by atoms with Crippen LogP contribution < -0.4 is 4.74 Å². The number of nitriles is 1. The summed E-state index contributed by atoms with van der Waals surface area (Å²) >= 11 is 0. The van der Waals surface area contributed by atoms with Gasteiger partial charge in [-0.3, -0.25) is 0 Å². The number of ether oxygens (including phenoxy) is 1. The predicted molar refractivity (Wildman–Crippen MR) is 56.3 cm³/mol. The molecule has 0 atom stereocenters. The fraction of sp³-hybridized carbons (Fsp3) is 0.417. The normalized spacial score (nSPS) is 10.7. The van der Waals surface area contributed by atoms with Crippen LogP contribution in [-0.4, -0.2) is 7.11 Å². The molecule has 0 amide bonds. The molecule has 0 aliphatic rings. The minimum atomic E-state index is -0.0823. The lowest BCUT2D eigenvalue weighted by molar-refractivity contribution is 0.414. The van der Waals surface area contributed by atoms with Crippen molar-refractivity contribution in [2.45, 2.75) is 25.7 Å². The minimum Gasteiger partial charge on any atom is -0.497 e. The number of hydrogen-bond donors (Lipinski definition) is 0. The summed E-state index contributed by atoms with van der Waals surface area (Å²) in [6, 6.07) is 10.1. The molecule has 2 heteroatoms. The second kappa shape index (κ2) is 4.15. The molecule has 0 saturated carbocycles. The molecule has 1 aromatic carbocycles. The highest BCUT2D eigenvalue weighted by molar-refractivity contribution is 5.32. The number of rotatable bonds is 3. The fourth-order valence-electron chi connectivity index (χ4n) is 1.34. The molecule has 0 unspecified atom stereocenters. The lowest BCUT2D eigenvalue weighted by atomic mass is 9.82. The molecular formula is C12H15NO. The van der Waals surface area contributed by atoms with E-state index in [1.54, 1.807) is 7.11 Å². The molecule has 0 fully saturated rings. The van der Waals surface area contributed by atoms with Crippen LogP contribution in [-0.2, 0) is 5.41 Å². The molecule has 0 spiro atoms. The summed E-state index contributed by atoms with van der Waals surface area (Å²) in [5, 5.41) is 8.69. The van der Waals surface area contributed by atoms with Crippen molar-refractivity contribution < 1.29 is 4.74 Å². The third-order valence-corrected chi connectivity index (χ3v) is 2.39. The van der Waals surface area contributed by atoms with E-state index in [9.17, 15) is 0 Å². The SMILES string of the molecule is COc1ccc(C(C)(C)CC#N)cc1. The molecule has 0 saturated heterocycles. The van der Waals surface area contributed by atoms with Crippen LogP contribution >= 0.6 is 0 Å². The summed E-state index contributed by atoms with van der Waals surface area (Å²) in [5.41, 5.74) is 1.08. The maximum atomic E-state index is 8.69. The zero-order chi connectivity index (χ0) is 10.6. The highest BCUT2D eigenvalue weighted by atomic mass is 16.5. The molecule has 0 heterocycles. The van der Waals surface area contributed by atoms with E-state index in [-0.39, 0.29) is 5.41 Å². The van der Waals surface area contributed by atoms with Crippen molar-refractivity contribution in [3.63, 3.8) is 0 Å². The highest BCUT2D eigenvalue weighted by Crippen LogP contribution is 2.27. The van der Waals surface area contributed by atoms with Gasteiger partial charge in [-0.25, -0.2) is 0 Å². The summed E-state index contributed by atoms with van der Waals surface area (Å²) in [5.74, 6) is 0.849. The quantitative estimate of drug-likeness (QED) is 0.732. The Labute approximate surface area is 85.1 Å². The Kier molecular flexibility index (Phi) is 3.14. The van der Waals surface area contributed by atoms with Gasteiger partial charge in [0.2, 0.25) is 0 Å². The van der Waals surface area contributed by atoms with Crippen LogP contribution in [0.1, 0.15) is 25.8 Å². The van der Waals surface area contributed by atoms with Crippen molar-refractivity contribution >= 4 is 0 Å². The maximum Gasteiger partial charge on any atom is 0.118 e. The van der Waals surface area contributed by atoms with E-state index in [2.05, 4.69) is 19.9 Å². The second-order valence-electron chi connectivity index (χ2n) is 3.95. The molecule has 0 aliphatic carbocycles. The van der Waals surface area contributed by atoms with Gasteiger partial charge in [0.05, 0.1) is 13.2 Å². The Bertz CT molecular complexity index is 332. The van der Waals surface area contributed by atoms with Crippen LogP contribution in [0, 0.1) is 11.3 Å². The summed E-state index contributed by atoms with van der Waals surface area (Å²) in [4.78, 5) is 0. The molecule has 74 valence electrons. The first-order chi connectivity index (χ1) is 6.60. The van der Waals surface area contributed by atoms with Gasteiger partial charge in [-0.15, -0.1) is 0 Å². The number of nitrogens with zero attached hydrogens (tertiary/aromatic N) is 1. The van der Waals surface area contributed by atoms with Crippen molar-refractivity contribution in [1.29, 1.82) is 5.26 Å². The summed E-state index contributed by atoms with van der Waals surface area (Å²) in [7, 11) is 1.65. The zero-order valence-corrected chi connectivity index (χ0v) is 8.87. The molecule has 1 aromatic rings. The van der Waals surface area contributed by atoms with Gasteiger partial charge in [0.15, 0.2) is 0 Å². The Morgan fingerprint density at radius 3 is 2.29 bits per heavy atom. The van der Waals surface area contributed by atoms with E-state index in [1.807, 2.05) is 24.3 Å². The van der Waals surface area contributed by atoms with Gasteiger partial charge < -0.3 is 4.74 Å². The smallest absolute Gasteiger partial charge is 0.118 e. The Hall–Kier alpha value is -1.49. The van der Waals surface area contributed by atoms with Gasteiger partial charge >= 0.3 is 0 Å². The summed E-state index contributed by atoms with van der Waals surface area (Å²) in [6.07, 6.45) is 0.527. The average Bonchev–Trinajstić information content (AvgIpc) is 2.18. The van der Waals surface area contributed by atoms with E-state index >= 15 is 0 Å². The number of benzene rings is 1. The van der Waals surface area contributed by atoms with Crippen LogP contribution in [0.4, 0.5) is 0 Å². The zero-order valence-electron chi connectivity index (χ0n) is 8.87. The topological polar surface area (TPSA) is 33.0 Å². The van der Waals surface area contributed by atoms with Crippen molar-refractivity contribution in [1.82, 2.24) is 0 Å². The Morgan fingerprint density at radius 1 is 1.29 bits per heavy atom. The predicted octanol–water partition coefficient (Wildman–Crippen LogP) is 2.89. The molecule has 14 heavy (non-hydrogen) atoms. The number of hydrogen-bond acceptors (Lipinski definition) is 2. The molecule has 0 N–H and O–H groups in total. The second-order valence-corrected chi connectivity index (χ2v) is 3.95. The summed E-state index contributed by atoms with van der Waals surface area (Å²) in [6.45, 7) is 4.13. The molecular weight excluding hydrogens is 174 g/mol. The van der Waals surface area contributed by atoms with Gasteiger partial charge in [0.1, 0.15) is 5.75 Å². The first kappa shape index (κ1) is 10.6.